The number of aromatic nitrogens is 2. The third-order valence-corrected chi connectivity index (χ3v) is 3.35. The Morgan fingerprint density at radius 3 is 2.60 bits per heavy atom. The van der Waals surface area contributed by atoms with Gasteiger partial charge in [-0.15, -0.1) is 0 Å². The molecule has 3 nitrogen and oxygen atoms in total. The number of rotatable bonds is 3. The molecule has 3 rings (SSSR count). The van der Waals surface area contributed by atoms with Crippen molar-refractivity contribution >= 4 is 6.29 Å². The van der Waals surface area contributed by atoms with Gasteiger partial charge in [-0.1, -0.05) is 48.5 Å². The van der Waals surface area contributed by atoms with Crippen molar-refractivity contribution in [3.63, 3.8) is 0 Å². The van der Waals surface area contributed by atoms with E-state index in [9.17, 15) is 4.79 Å². The summed E-state index contributed by atoms with van der Waals surface area (Å²) in [5.74, 6) is 0. The Bertz CT molecular complexity index is 745. The first kappa shape index (κ1) is 12.4. The molecule has 3 aromatic rings. The van der Waals surface area contributed by atoms with Gasteiger partial charge < -0.3 is 0 Å². The predicted octanol–water partition coefficient (Wildman–Crippen LogP) is 3.86. The van der Waals surface area contributed by atoms with Gasteiger partial charge in [-0.05, 0) is 18.6 Å². The lowest BCUT2D eigenvalue weighted by molar-refractivity contribution is 0.112. The molecule has 1 N–H and O–H groups in total. The summed E-state index contributed by atoms with van der Waals surface area (Å²) in [5, 5.41) is 7.37. The lowest BCUT2D eigenvalue weighted by Gasteiger charge is -2.05. The molecule has 0 amide bonds. The monoisotopic (exact) mass is 262 g/mol. The van der Waals surface area contributed by atoms with Gasteiger partial charge in [0.25, 0.3) is 0 Å². The number of benzene rings is 2. The van der Waals surface area contributed by atoms with Crippen molar-refractivity contribution in [2.45, 2.75) is 6.92 Å². The largest absolute Gasteiger partial charge is 0.298 e. The average Bonchev–Trinajstić information content (AvgIpc) is 2.97. The highest BCUT2D eigenvalue weighted by molar-refractivity contribution is 5.88. The molecule has 20 heavy (non-hydrogen) atoms. The molecule has 0 atom stereocenters. The normalized spacial score (nSPS) is 10.4. The third kappa shape index (κ3) is 2.14. The summed E-state index contributed by atoms with van der Waals surface area (Å²) in [6.45, 7) is 1.99. The molecule has 0 aliphatic carbocycles. The second-order valence-corrected chi connectivity index (χ2v) is 4.69. The van der Waals surface area contributed by atoms with E-state index in [0.29, 0.717) is 5.56 Å². The van der Waals surface area contributed by atoms with E-state index in [1.54, 1.807) is 0 Å². The Labute approximate surface area is 117 Å². The van der Waals surface area contributed by atoms with Crippen molar-refractivity contribution in [3.8, 4) is 22.5 Å². The Morgan fingerprint density at radius 1 is 1.05 bits per heavy atom. The minimum absolute atomic E-state index is 0.674. The summed E-state index contributed by atoms with van der Waals surface area (Å²) in [6, 6.07) is 17.6. The fourth-order valence-corrected chi connectivity index (χ4v) is 2.36. The minimum Gasteiger partial charge on any atom is -0.298 e. The van der Waals surface area contributed by atoms with Crippen molar-refractivity contribution in [1.29, 1.82) is 0 Å². The Hall–Kier alpha value is -2.68. The minimum atomic E-state index is 0.674. The van der Waals surface area contributed by atoms with Crippen LogP contribution in [0.25, 0.3) is 22.5 Å². The zero-order valence-electron chi connectivity index (χ0n) is 11.1. The Balaban J connectivity index is 2.10. The van der Waals surface area contributed by atoms with E-state index < -0.39 is 0 Å². The SMILES string of the molecule is Cc1cccc(C=O)c1-c1cc(-c2ccccc2)n[nH]1. The number of nitrogens with one attached hydrogen (secondary N) is 1. The molecule has 0 spiro atoms. The van der Waals surface area contributed by atoms with E-state index in [2.05, 4.69) is 10.2 Å². The molecular formula is C17H14N2O. The number of carbonyl (C=O) groups excluding carboxylic acids is 1. The fourth-order valence-electron chi connectivity index (χ4n) is 2.36. The second kappa shape index (κ2) is 5.13. The summed E-state index contributed by atoms with van der Waals surface area (Å²) < 4.78 is 0. The Kier molecular flexibility index (Phi) is 3.17. The van der Waals surface area contributed by atoms with Gasteiger partial charge in [-0.2, -0.15) is 5.10 Å². The zero-order valence-corrected chi connectivity index (χ0v) is 11.1. The fraction of sp³-hybridized carbons (Fsp3) is 0.0588. The van der Waals surface area contributed by atoms with Gasteiger partial charge in [0.2, 0.25) is 0 Å². The molecular weight excluding hydrogens is 248 g/mol. The maximum Gasteiger partial charge on any atom is 0.150 e. The van der Waals surface area contributed by atoms with Crippen LogP contribution in [0.15, 0.2) is 54.6 Å². The van der Waals surface area contributed by atoms with Gasteiger partial charge in [-0.3, -0.25) is 9.89 Å². The van der Waals surface area contributed by atoms with Crippen LogP contribution in [0.4, 0.5) is 0 Å². The number of hydrogen-bond donors (Lipinski definition) is 1. The van der Waals surface area contributed by atoms with E-state index in [1.165, 1.54) is 0 Å². The number of aryl methyl sites for hydroxylation is 1. The van der Waals surface area contributed by atoms with Gasteiger partial charge >= 0.3 is 0 Å². The van der Waals surface area contributed by atoms with Crippen LogP contribution < -0.4 is 0 Å². The van der Waals surface area contributed by atoms with Crippen LogP contribution in [-0.2, 0) is 0 Å². The first-order chi connectivity index (χ1) is 9.79. The van der Waals surface area contributed by atoms with Gasteiger partial charge in [0.1, 0.15) is 0 Å². The maximum atomic E-state index is 11.2. The van der Waals surface area contributed by atoms with Crippen LogP contribution >= 0.6 is 0 Å². The molecule has 1 heterocycles. The smallest absolute Gasteiger partial charge is 0.150 e. The molecule has 3 heteroatoms. The van der Waals surface area contributed by atoms with Crippen LogP contribution in [0.3, 0.4) is 0 Å². The van der Waals surface area contributed by atoms with Crippen LogP contribution in [0.1, 0.15) is 15.9 Å². The number of H-pyrrole nitrogens is 1. The van der Waals surface area contributed by atoms with Crippen LogP contribution in [0.2, 0.25) is 0 Å². The lowest BCUT2D eigenvalue weighted by Crippen LogP contribution is -1.91. The van der Waals surface area contributed by atoms with Crippen molar-refractivity contribution < 1.29 is 4.79 Å². The summed E-state index contributed by atoms with van der Waals surface area (Å²) in [6.07, 6.45) is 0.880. The van der Waals surface area contributed by atoms with E-state index in [0.717, 1.165) is 34.4 Å². The van der Waals surface area contributed by atoms with E-state index in [1.807, 2.05) is 61.5 Å². The molecule has 1 aromatic heterocycles. The number of aromatic amines is 1. The lowest BCUT2D eigenvalue weighted by atomic mass is 9.99. The first-order valence-electron chi connectivity index (χ1n) is 6.45. The topological polar surface area (TPSA) is 45.8 Å². The van der Waals surface area contributed by atoms with Crippen molar-refractivity contribution in [3.05, 3.63) is 65.7 Å². The van der Waals surface area contributed by atoms with Gasteiger partial charge in [0.15, 0.2) is 6.29 Å². The van der Waals surface area contributed by atoms with Gasteiger partial charge in [0.05, 0.1) is 11.4 Å². The van der Waals surface area contributed by atoms with E-state index in [4.69, 9.17) is 0 Å². The number of aldehydes is 1. The molecule has 0 bridgehead atoms. The number of carbonyl (C=O) groups is 1. The van der Waals surface area contributed by atoms with Crippen LogP contribution in [0.5, 0.6) is 0 Å². The quantitative estimate of drug-likeness (QED) is 0.728. The summed E-state index contributed by atoms with van der Waals surface area (Å²) in [7, 11) is 0. The molecule has 0 aliphatic rings. The summed E-state index contributed by atoms with van der Waals surface area (Å²) >= 11 is 0. The van der Waals surface area contributed by atoms with Gasteiger partial charge in [0, 0.05) is 16.7 Å². The highest BCUT2D eigenvalue weighted by Gasteiger charge is 2.11. The molecule has 0 saturated heterocycles. The highest BCUT2D eigenvalue weighted by atomic mass is 16.1. The van der Waals surface area contributed by atoms with Crippen LogP contribution in [0, 0.1) is 6.92 Å². The molecule has 0 fully saturated rings. The van der Waals surface area contributed by atoms with Gasteiger partial charge in [-0.25, -0.2) is 0 Å². The molecule has 98 valence electrons. The third-order valence-electron chi connectivity index (χ3n) is 3.35. The Morgan fingerprint density at radius 2 is 1.85 bits per heavy atom. The molecule has 0 saturated carbocycles. The van der Waals surface area contributed by atoms with Crippen molar-refractivity contribution in [1.82, 2.24) is 10.2 Å². The molecule has 0 radical (unpaired) electrons. The summed E-state index contributed by atoms with van der Waals surface area (Å²) in [4.78, 5) is 11.2. The highest BCUT2D eigenvalue weighted by Crippen LogP contribution is 2.28. The zero-order chi connectivity index (χ0) is 13.9. The average molecular weight is 262 g/mol. The second-order valence-electron chi connectivity index (χ2n) is 4.69. The van der Waals surface area contributed by atoms with Crippen molar-refractivity contribution in [2.75, 3.05) is 0 Å². The van der Waals surface area contributed by atoms with Crippen molar-refractivity contribution in [2.24, 2.45) is 0 Å². The first-order valence-corrected chi connectivity index (χ1v) is 6.45. The van der Waals surface area contributed by atoms with Crippen LogP contribution in [-0.4, -0.2) is 16.5 Å². The molecule has 2 aromatic carbocycles. The standard InChI is InChI=1S/C17H14N2O/c1-12-6-5-9-14(11-20)17(12)16-10-15(18-19-16)13-7-3-2-4-8-13/h2-11H,1H3,(H,18,19). The number of hydrogen-bond acceptors (Lipinski definition) is 2. The number of nitrogens with zero attached hydrogens (tertiary/aromatic N) is 1. The predicted molar refractivity (Wildman–Crippen MR) is 79.6 cm³/mol. The molecule has 0 aliphatic heterocycles. The maximum absolute atomic E-state index is 11.2. The molecule has 0 unspecified atom stereocenters. The summed E-state index contributed by atoms with van der Waals surface area (Å²) in [5.41, 5.74) is 5.43. The van der Waals surface area contributed by atoms with E-state index >= 15 is 0 Å². The van der Waals surface area contributed by atoms with E-state index in [-0.39, 0.29) is 0 Å².